The molecule has 152 valence electrons. The van der Waals surface area contributed by atoms with Crippen LogP contribution in [0.2, 0.25) is 0 Å². The summed E-state index contributed by atoms with van der Waals surface area (Å²) in [5, 5.41) is 4.94. The zero-order valence-electron chi connectivity index (χ0n) is 15.4. The summed E-state index contributed by atoms with van der Waals surface area (Å²) in [5.74, 6) is -0.249. The van der Waals surface area contributed by atoms with Crippen LogP contribution in [0.3, 0.4) is 0 Å². The molecular weight excluding hydrogens is 382 g/mol. The Balaban J connectivity index is 1.30. The third-order valence-corrected chi connectivity index (χ3v) is 4.52. The fraction of sp³-hybridized carbons (Fsp3) is 0.316. The number of ether oxygens (including phenoxy) is 3. The zero-order chi connectivity index (χ0) is 20.2. The number of amides is 3. The molecule has 2 N–H and O–H groups in total. The van der Waals surface area contributed by atoms with Crippen molar-refractivity contribution < 1.29 is 33.0 Å². The minimum absolute atomic E-state index is 0.0106. The molecule has 2 aliphatic heterocycles. The molecule has 2 aliphatic rings. The lowest BCUT2D eigenvalue weighted by molar-refractivity contribution is -0.139. The standard InChI is InChI=1S/C19H19N3O7/c23-17(20-9-13-2-1-6-26-13)18(24)21-10-16-22(5-7-27-16)19(25)12-3-4-14-15(8-12)29-11-28-14/h1-4,6,8,16H,5,7,9-11H2,(H,20,23)(H,21,24)/t16-/m1/s1. The van der Waals surface area contributed by atoms with Gasteiger partial charge in [0.15, 0.2) is 11.5 Å². The van der Waals surface area contributed by atoms with Crippen molar-refractivity contribution >= 4 is 17.7 Å². The minimum atomic E-state index is -0.817. The molecule has 3 amide bonds. The molecule has 0 radical (unpaired) electrons. The van der Waals surface area contributed by atoms with Crippen LogP contribution in [0.1, 0.15) is 16.1 Å². The molecule has 10 nitrogen and oxygen atoms in total. The Labute approximate surface area is 165 Å². The van der Waals surface area contributed by atoms with Gasteiger partial charge in [0.1, 0.15) is 12.0 Å². The van der Waals surface area contributed by atoms with E-state index in [4.69, 9.17) is 18.6 Å². The quantitative estimate of drug-likeness (QED) is 0.689. The number of fused-ring (bicyclic) bond motifs is 1. The second-order valence-corrected chi connectivity index (χ2v) is 6.36. The van der Waals surface area contributed by atoms with E-state index in [0.717, 1.165) is 0 Å². The second-order valence-electron chi connectivity index (χ2n) is 6.36. The highest BCUT2D eigenvalue weighted by Gasteiger charge is 2.32. The number of benzene rings is 1. The summed E-state index contributed by atoms with van der Waals surface area (Å²) < 4.78 is 21.2. The summed E-state index contributed by atoms with van der Waals surface area (Å²) in [5.41, 5.74) is 0.423. The van der Waals surface area contributed by atoms with Crippen LogP contribution in [0.25, 0.3) is 0 Å². The predicted molar refractivity (Wildman–Crippen MR) is 96.9 cm³/mol. The van der Waals surface area contributed by atoms with Crippen molar-refractivity contribution in [3.05, 3.63) is 47.9 Å². The van der Waals surface area contributed by atoms with Crippen molar-refractivity contribution in [3.63, 3.8) is 0 Å². The number of nitrogens with one attached hydrogen (secondary N) is 2. The van der Waals surface area contributed by atoms with Crippen LogP contribution in [-0.4, -0.2) is 55.3 Å². The predicted octanol–water partition coefficient (Wildman–Crippen LogP) is 0.239. The largest absolute Gasteiger partial charge is 0.467 e. The summed E-state index contributed by atoms with van der Waals surface area (Å²) in [6.07, 6.45) is 0.805. The Hall–Kier alpha value is -3.53. The van der Waals surface area contributed by atoms with Crippen molar-refractivity contribution in [3.8, 4) is 11.5 Å². The van der Waals surface area contributed by atoms with Gasteiger partial charge in [-0.1, -0.05) is 0 Å². The van der Waals surface area contributed by atoms with Gasteiger partial charge in [0, 0.05) is 12.1 Å². The third-order valence-electron chi connectivity index (χ3n) is 4.52. The fourth-order valence-electron chi connectivity index (χ4n) is 3.04. The number of carbonyl (C=O) groups is 3. The number of hydrogen-bond donors (Lipinski definition) is 2. The first-order valence-electron chi connectivity index (χ1n) is 9.02. The zero-order valence-corrected chi connectivity index (χ0v) is 15.4. The summed E-state index contributed by atoms with van der Waals surface area (Å²) in [4.78, 5) is 38.2. The molecule has 0 unspecified atom stereocenters. The van der Waals surface area contributed by atoms with Crippen molar-refractivity contribution in [2.45, 2.75) is 12.8 Å². The molecule has 1 aromatic heterocycles. The number of furan rings is 1. The smallest absolute Gasteiger partial charge is 0.309 e. The van der Waals surface area contributed by atoms with Crippen molar-refractivity contribution in [2.24, 2.45) is 0 Å². The van der Waals surface area contributed by atoms with Crippen LogP contribution in [-0.2, 0) is 20.9 Å². The summed E-state index contributed by atoms with van der Waals surface area (Å²) in [6, 6.07) is 8.30. The van der Waals surface area contributed by atoms with Gasteiger partial charge in [-0.05, 0) is 30.3 Å². The summed E-state index contributed by atoms with van der Waals surface area (Å²) >= 11 is 0. The molecule has 1 atom stereocenters. The number of hydrogen-bond acceptors (Lipinski definition) is 7. The van der Waals surface area contributed by atoms with Crippen molar-refractivity contribution in [1.29, 1.82) is 0 Å². The lowest BCUT2D eigenvalue weighted by Crippen LogP contribution is -2.47. The first-order valence-corrected chi connectivity index (χ1v) is 9.02. The average Bonchev–Trinajstić information content (AvgIpc) is 3.50. The van der Waals surface area contributed by atoms with E-state index in [2.05, 4.69) is 10.6 Å². The van der Waals surface area contributed by atoms with Gasteiger partial charge in [-0.2, -0.15) is 0 Å². The van der Waals surface area contributed by atoms with Crippen molar-refractivity contribution in [2.75, 3.05) is 26.5 Å². The van der Waals surface area contributed by atoms with Gasteiger partial charge in [-0.3, -0.25) is 14.4 Å². The Kier molecular flexibility index (Phi) is 5.34. The minimum Gasteiger partial charge on any atom is -0.467 e. The van der Waals surface area contributed by atoms with Gasteiger partial charge in [0.2, 0.25) is 6.79 Å². The van der Waals surface area contributed by atoms with Crippen LogP contribution in [0.15, 0.2) is 41.0 Å². The molecular formula is C19H19N3O7. The summed E-state index contributed by atoms with van der Waals surface area (Å²) in [6.45, 7) is 0.924. The van der Waals surface area contributed by atoms with Gasteiger partial charge in [-0.15, -0.1) is 0 Å². The molecule has 3 heterocycles. The van der Waals surface area contributed by atoms with Crippen LogP contribution in [0, 0.1) is 0 Å². The highest BCUT2D eigenvalue weighted by molar-refractivity contribution is 6.35. The van der Waals surface area contributed by atoms with Crippen molar-refractivity contribution in [1.82, 2.24) is 15.5 Å². The fourth-order valence-corrected chi connectivity index (χ4v) is 3.04. The van der Waals surface area contributed by atoms with Gasteiger partial charge in [0.25, 0.3) is 5.91 Å². The molecule has 0 spiro atoms. The Bertz CT molecular complexity index is 913. The van der Waals surface area contributed by atoms with Gasteiger partial charge < -0.3 is 34.2 Å². The van der Waals surface area contributed by atoms with Gasteiger partial charge >= 0.3 is 11.8 Å². The molecule has 10 heteroatoms. The normalized spacial score (nSPS) is 17.2. The van der Waals surface area contributed by atoms with Gasteiger partial charge in [-0.25, -0.2) is 0 Å². The molecule has 0 bridgehead atoms. The first kappa shape index (κ1) is 18.8. The molecule has 1 aromatic carbocycles. The number of nitrogens with zero attached hydrogens (tertiary/aromatic N) is 1. The molecule has 0 saturated carbocycles. The highest BCUT2D eigenvalue weighted by Crippen LogP contribution is 2.33. The molecule has 29 heavy (non-hydrogen) atoms. The maximum Gasteiger partial charge on any atom is 0.309 e. The van der Waals surface area contributed by atoms with Crippen LogP contribution >= 0.6 is 0 Å². The highest BCUT2D eigenvalue weighted by atomic mass is 16.7. The van der Waals surface area contributed by atoms with E-state index in [9.17, 15) is 14.4 Å². The average molecular weight is 401 g/mol. The number of carbonyl (C=O) groups excluding carboxylic acids is 3. The monoisotopic (exact) mass is 401 g/mol. The van der Waals surface area contributed by atoms with E-state index >= 15 is 0 Å². The topological polar surface area (TPSA) is 119 Å². The van der Waals surface area contributed by atoms with Crippen LogP contribution < -0.4 is 20.1 Å². The van der Waals surface area contributed by atoms with Crippen LogP contribution in [0.5, 0.6) is 11.5 Å². The number of rotatable bonds is 5. The maximum absolute atomic E-state index is 12.8. The van der Waals surface area contributed by atoms with E-state index in [1.807, 2.05) is 0 Å². The summed E-state index contributed by atoms with van der Waals surface area (Å²) in [7, 11) is 0. The maximum atomic E-state index is 12.8. The van der Waals surface area contributed by atoms with E-state index in [1.165, 1.54) is 11.2 Å². The lowest BCUT2D eigenvalue weighted by Gasteiger charge is -2.23. The van der Waals surface area contributed by atoms with E-state index in [0.29, 0.717) is 36.0 Å². The molecule has 0 aliphatic carbocycles. The van der Waals surface area contributed by atoms with Crippen LogP contribution in [0.4, 0.5) is 0 Å². The first-order chi connectivity index (χ1) is 14.1. The van der Waals surface area contributed by atoms with E-state index < -0.39 is 18.0 Å². The second kappa shape index (κ2) is 8.23. The third kappa shape index (κ3) is 4.16. The Morgan fingerprint density at radius 2 is 1.90 bits per heavy atom. The van der Waals surface area contributed by atoms with E-state index in [1.54, 1.807) is 30.3 Å². The molecule has 1 saturated heterocycles. The SMILES string of the molecule is O=C(NCc1ccco1)C(=O)NC[C@H]1OCCN1C(=O)c1ccc2c(c1)OCO2. The molecule has 4 rings (SSSR count). The molecule has 1 fully saturated rings. The Morgan fingerprint density at radius 1 is 1.07 bits per heavy atom. The lowest BCUT2D eigenvalue weighted by atomic mass is 10.1. The van der Waals surface area contributed by atoms with E-state index in [-0.39, 0.29) is 25.8 Å². The Morgan fingerprint density at radius 3 is 2.72 bits per heavy atom. The van der Waals surface area contributed by atoms with Gasteiger partial charge in [0.05, 0.1) is 26.0 Å². The molecule has 2 aromatic rings.